The molecule has 24 N–H and O–H groups in total. The number of ether oxygens (including phenoxy) is 2. The summed E-state index contributed by atoms with van der Waals surface area (Å²) in [4.78, 5) is 273. The molecule has 1 fully saturated rings. The van der Waals surface area contributed by atoms with Crippen LogP contribution in [0, 0.1) is 5.92 Å². The maximum atomic E-state index is 14.8. The van der Waals surface area contributed by atoms with Crippen LogP contribution in [0.25, 0.3) is 0 Å². The monoisotopic (exact) mass is 1600 g/mol. The lowest BCUT2D eigenvalue weighted by molar-refractivity contribution is -0.156. The van der Waals surface area contributed by atoms with Gasteiger partial charge in [0.25, 0.3) is 0 Å². The first-order valence-corrected chi connectivity index (χ1v) is 35.0. The van der Waals surface area contributed by atoms with Gasteiger partial charge >= 0.3 is 35.9 Å². The van der Waals surface area contributed by atoms with Crippen LogP contribution in [-0.4, -0.2) is 257 Å². The van der Waals surface area contributed by atoms with E-state index in [1.807, 2.05) is 21.3 Å². The van der Waals surface area contributed by atoms with Crippen LogP contribution in [0.5, 0.6) is 0 Å². The minimum atomic E-state index is -2.47. The highest BCUT2D eigenvalue weighted by molar-refractivity contribution is 6.05. The van der Waals surface area contributed by atoms with Crippen LogP contribution < -0.4 is 91.2 Å². The van der Waals surface area contributed by atoms with E-state index in [4.69, 9.17) is 26.7 Å². The second-order valence-corrected chi connectivity index (χ2v) is 26.3. The topological polar surface area (TPSA) is 699 Å². The molecule has 0 radical (unpaired) electrons. The fraction of sp³-hybridized carbons (Fsp3) is 0.457. The first kappa shape index (κ1) is 93.0. The Morgan fingerprint density at radius 2 is 1.11 bits per heavy atom. The van der Waals surface area contributed by atoms with E-state index < -0.39 is 262 Å². The number of benzene rings is 3. The number of esters is 1. The van der Waals surface area contributed by atoms with E-state index >= 15 is 0 Å². The van der Waals surface area contributed by atoms with Crippen molar-refractivity contribution in [2.75, 3.05) is 51.0 Å². The van der Waals surface area contributed by atoms with E-state index in [9.17, 15) is 121 Å². The molecule has 0 aliphatic carbocycles. The number of primary amides is 1. The number of hydrogen-bond acceptors (Lipinski definition) is 26. The Morgan fingerprint density at radius 1 is 0.570 bits per heavy atom. The molecule has 620 valence electrons. The van der Waals surface area contributed by atoms with E-state index in [-0.39, 0.29) is 37.2 Å². The number of nitrogens with zero attached hydrogens (tertiary/aromatic N) is 1. The predicted octanol–water partition coefficient (Wildman–Crippen LogP) is -7.37. The van der Waals surface area contributed by atoms with Gasteiger partial charge in [0.1, 0.15) is 73.1 Å². The van der Waals surface area contributed by atoms with Crippen molar-refractivity contribution in [3.05, 3.63) is 95.6 Å². The van der Waals surface area contributed by atoms with Crippen molar-refractivity contribution in [3.8, 4) is 0 Å². The molecule has 0 saturated carbocycles. The number of ketones is 1. The van der Waals surface area contributed by atoms with Gasteiger partial charge in [-0.3, -0.25) is 86.3 Å². The minimum Gasteiger partial charge on any atom is -0.481 e. The van der Waals surface area contributed by atoms with Crippen molar-refractivity contribution in [3.63, 3.8) is 0 Å². The fourth-order valence-electron chi connectivity index (χ4n) is 10.7. The average molecular weight is 1600 g/mol. The van der Waals surface area contributed by atoms with Crippen LogP contribution in [0.15, 0.2) is 78.9 Å². The van der Waals surface area contributed by atoms with Crippen LogP contribution in [0.2, 0.25) is 0 Å². The number of para-hydroxylation sites is 1. The number of nitrogen functional groups attached to an aromatic ring is 1. The van der Waals surface area contributed by atoms with Crippen molar-refractivity contribution in [1.29, 1.82) is 0 Å². The Morgan fingerprint density at radius 3 is 1.68 bits per heavy atom. The maximum absolute atomic E-state index is 14.8. The molecule has 0 bridgehead atoms. The molecule has 0 spiro atoms. The van der Waals surface area contributed by atoms with Crippen LogP contribution >= 0.6 is 0 Å². The number of nitrogens with two attached hydrogens (primary N) is 3. The number of carbonyl (C=O) groups excluding carboxylic acids is 16. The van der Waals surface area contributed by atoms with Gasteiger partial charge in [0.05, 0.1) is 57.8 Å². The van der Waals surface area contributed by atoms with E-state index in [0.29, 0.717) is 11.1 Å². The standard InChI is InChI=1S/C70H93N17O27/c1-33(22-53(93)94)57-68(110)84-47(24-49(89)39-14-9-10-15-40(39)71)69(111)114-35(3)58(86-65(107)46(28-56(99)100)83-64(106)43(25-50(73)90)81-60(102)41(72)23-36-17-19-38(20-18-36)87(4)5)67(109)76-30-51(91)78-42(16-11-21-74-70(112)113-32-37-12-7-6-8-13-37)62(104)82-45(27-55(97)98)63(105)77-34(2)59(101)80-44(26-54(95)96)61(103)75-29-52(92)79-48(31-88)66(108)85-57/h6-10,12-15,17-20,33-35,41-48,57-58,88H,11,16,21-32,71-72H2,1-5H3,(H2,73,90)(H,74,112)(H,75,103)(H,76,109)(H,77,105)(H,78,91)(H,79,92)(H,80,101)(H,81,102)(H,82,104)(H,83,106)(H,84,110)(H,85,108)(H,86,107)(H,93,94)(H,95,96)(H,97,98)(H,99,100)/t33-,34-,35-,41+,42+,43-,44+,45+,46+,47+,48-,57+,58+/m1/s1. The number of carboxylic acids is 4. The van der Waals surface area contributed by atoms with E-state index in [1.54, 1.807) is 73.6 Å². The summed E-state index contributed by atoms with van der Waals surface area (Å²) in [7, 11) is 3.55. The highest BCUT2D eigenvalue weighted by atomic mass is 16.6. The number of aliphatic hydroxyl groups excluding tert-OH is 1. The molecular weight excluding hydrogens is 1510 g/mol. The van der Waals surface area contributed by atoms with Crippen LogP contribution in [0.1, 0.15) is 93.6 Å². The SMILES string of the molecule is C[C@H](CC(=O)O)[C@@H]1NC(=O)[C@@H](CO)NC(=O)CNC(=O)[C@H](CC(=O)O)NC(=O)[C@@H](C)NC(=O)[C@H](CC(=O)O)NC(=O)[C@H](CCCNC(=O)OCc2ccccc2)NC(=O)CNC(=O)[C@@H](NC(=O)[C@H](CC(=O)O)NC(=O)[C@@H](CC(N)=O)NC(=O)[C@@H](N)Cc2ccc(N(C)C)cc2)[C@@H](C)OC(=O)[C@H](CC(=O)c2ccccc2N)NC1=O. The zero-order valence-electron chi connectivity index (χ0n) is 62.3. The molecule has 4 rings (SSSR count). The zero-order chi connectivity index (χ0) is 85.2. The number of carbonyl (C=O) groups is 20. The van der Waals surface area contributed by atoms with Crippen molar-refractivity contribution in [1.82, 2.24) is 69.1 Å². The number of rotatable bonds is 30. The number of hydrogen-bond donors (Lipinski definition) is 21. The third kappa shape index (κ3) is 31.9. The van der Waals surface area contributed by atoms with Gasteiger partial charge in [0.2, 0.25) is 76.8 Å². The normalized spacial score (nSPS) is 21.1. The number of aliphatic hydroxyl groups is 1. The first-order chi connectivity index (χ1) is 53.7. The van der Waals surface area contributed by atoms with Crippen LogP contribution in [-0.2, 0) is 109 Å². The summed E-state index contributed by atoms with van der Waals surface area (Å²) in [5, 5.41) is 77.5. The van der Waals surface area contributed by atoms with Gasteiger partial charge in [-0.15, -0.1) is 0 Å². The summed E-state index contributed by atoms with van der Waals surface area (Å²) in [5.74, 6) is -29.5. The molecule has 1 saturated heterocycles. The number of cyclic esters (lactones) is 1. The summed E-state index contributed by atoms with van der Waals surface area (Å²) in [6.45, 7) is -1.41. The molecular formula is C70H93N17O27. The molecule has 0 aromatic heterocycles. The van der Waals surface area contributed by atoms with Crippen molar-refractivity contribution >= 4 is 130 Å². The molecule has 13 atom stereocenters. The summed E-state index contributed by atoms with van der Waals surface area (Å²) < 4.78 is 10.9. The highest BCUT2D eigenvalue weighted by Gasteiger charge is 2.41. The Labute approximate surface area is 649 Å². The number of alkyl carbamates (subject to hydrolysis) is 1. The average Bonchev–Trinajstić information content (AvgIpc) is 0.839. The van der Waals surface area contributed by atoms with Gasteiger partial charge in [-0.1, -0.05) is 61.5 Å². The number of aliphatic carboxylic acids is 4. The second-order valence-electron chi connectivity index (χ2n) is 26.3. The van der Waals surface area contributed by atoms with Gasteiger partial charge in [0.15, 0.2) is 5.78 Å². The summed E-state index contributed by atoms with van der Waals surface area (Å²) in [6, 6.07) is -2.59. The fourth-order valence-corrected chi connectivity index (χ4v) is 10.7. The molecule has 14 amide bonds. The Hall–Kier alpha value is -13.4. The largest absolute Gasteiger partial charge is 0.481 e. The zero-order valence-corrected chi connectivity index (χ0v) is 62.3. The predicted molar refractivity (Wildman–Crippen MR) is 392 cm³/mol. The molecule has 114 heavy (non-hydrogen) atoms. The van der Waals surface area contributed by atoms with Crippen molar-refractivity contribution in [2.24, 2.45) is 17.4 Å². The molecule has 1 aliphatic heterocycles. The molecule has 44 nitrogen and oxygen atoms in total. The van der Waals surface area contributed by atoms with E-state index in [2.05, 4.69) is 47.9 Å². The number of Topliss-reactive ketones (excluding diaryl/α,β-unsaturated/α-hetero) is 1. The molecule has 44 heteroatoms. The summed E-state index contributed by atoms with van der Waals surface area (Å²) >= 11 is 0. The maximum Gasteiger partial charge on any atom is 0.407 e. The second kappa shape index (κ2) is 45.7. The lowest BCUT2D eigenvalue weighted by Gasteiger charge is -2.30. The summed E-state index contributed by atoms with van der Waals surface area (Å²) in [6.07, 6.45) is -11.1. The van der Waals surface area contributed by atoms with E-state index in [0.717, 1.165) is 26.5 Å². The smallest absolute Gasteiger partial charge is 0.407 e. The third-order valence-corrected chi connectivity index (χ3v) is 16.8. The minimum absolute atomic E-state index is 0.139. The first-order valence-electron chi connectivity index (χ1n) is 35.0. The lowest BCUT2D eigenvalue weighted by atomic mass is 9.96. The number of nitrogens with one attached hydrogen (secondary N) is 13. The van der Waals surface area contributed by atoms with Gasteiger partial charge in [0, 0.05) is 44.0 Å². The van der Waals surface area contributed by atoms with E-state index in [1.165, 1.54) is 24.3 Å². The van der Waals surface area contributed by atoms with Gasteiger partial charge in [-0.25, -0.2) is 9.59 Å². The third-order valence-electron chi connectivity index (χ3n) is 16.8. The molecule has 1 aliphatic rings. The number of amides is 14. The van der Waals surface area contributed by atoms with Crippen LogP contribution in [0.4, 0.5) is 16.2 Å². The van der Waals surface area contributed by atoms with Crippen molar-refractivity contribution < 1.29 is 131 Å². The van der Waals surface area contributed by atoms with Gasteiger partial charge in [-0.05, 0) is 74.4 Å². The van der Waals surface area contributed by atoms with Crippen molar-refractivity contribution in [2.45, 2.75) is 158 Å². The Balaban J connectivity index is 1.90. The van der Waals surface area contributed by atoms with Gasteiger partial charge in [-0.2, -0.15) is 0 Å². The Kier molecular flexibility index (Phi) is 37.2. The number of carboxylic acid groups (broad SMARTS) is 4. The highest BCUT2D eigenvalue weighted by Crippen LogP contribution is 2.19. The number of anilines is 2. The lowest BCUT2D eigenvalue weighted by Crippen LogP contribution is -2.61. The van der Waals surface area contributed by atoms with Gasteiger partial charge < -0.3 is 126 Å². The molecule has 3 aromatic rings. The summed E-state index contributed by atoms with van der Waals surface area (Å²) in [5.41, 5.74) is 19.1. The molecule has 3 aromatic carbocycles. The Bertz CT molecular complexity index is 4040. The quantitative estimate of drug-likeness (QED) is 0.0128. The molecule has 0 unspecified atom stereocenters. The molecule has 1 heterocycles. The van der Waals surface area contributed by atoms with Crippen LogP contribution in [0.3, 0.4) is 0 Å².